The molecule has 0 saturated heterocycles. The molecular weight excluding hydrogens is 262 g/mol. The molecule has 0 amide bonds. The highest BCUT2D eigenvalue weighted by Gasteiger charge is 2.23. The molecule has 0 heterocycles. The van der Waals surface area contributed by atoms with Crippen molar-refractivity contribution in [2.75, 3.05) is 14.1 Å². The normalized spacial score (nSPS) is 17.2. The summed E-state index contributed by atoms with van der Waals surface area (Å²) in [5.74, 6) is 0.466. The molecular formula is C14H16BrN. The van der Waals surface area contributed by atoms with Gasteiger partial charge in [0.15, 0.2) is 0 Å². The number of nitrogens with zero attached hydrogens (tertiary/aromatic N) is 1. The summed E-state index contributed by atoms with van der Waals surface area (Å²) in [5.41, 5.74) is 1.34. The highest BCUT2D eigenvalue weighted by molar-refractivity contribution is 9.10. The van der Waals surface area contributed by atoms with Crippen LogP contribution in [0.15, 0.2) is 53.0 Å². The van der Waals surface area contributed by atoms with E-state index in [1.165, 1.54) is 10.0 Å². The Morgan fingerprint density at radius 3 is 2.31 bits per heavy atom. The molecule has 0 bridgehead atoms. The lowest BCUT2D eigenvalue weighted by molar-refractivity contribution is 0.266. The fraction of sp³-hybridized carbons (Fsp3) is 0.286. The van der Waals surface area contributed by atoms with Crippen LogP contribution in [-0.4, -0.2) is 19.0 Å². The van der Waals surface area contributed by atoms with Gasteiger partial charge in [-0.3, -0.25) is 0 Å². The molecule has 0 fully saturated rings. The van der Waals surface area contributed by atoms with Gasteiger partial charge in [-0.15, -0.1) is 0 Å². The monoisotopic (exact) mass is 277 g/mol. The van der Waals surface area contributed by atoms with E-state index in [9.17, 15) is 0 Å². The zero-order valence-electron chi connectivity index (χ0n) is 9.60. The number of benzene rings is 1. The van der Waals surface area contributed by atoms with Gasteiger partial charge in [-0.25, -0.2) is 0 Å². The van der Waals surface area contributed by atoms with Crippen molar-refractivity contribution in [2.45, 2.75) is 6.04 Å². The second-order valence-corrected chi connectivity index (χ2v) is 5.13. The number of hydrogen-bond acceptors (Lipinski definition) is 1. The lowest BCUT2D eigenvalue weighted by Crippen LogP contribution is -2.25. The molecule has 0 unspecified atom stereocenters. The molecule has 0 saturated carbocycles. The van der Waals surface area contributed by atoms with E-state index in [0.29, 0.717) is 12.0 Å². The van der Waals surface area contributed by atoms with E-state index < -0.39 is 0 Å². The predicted molar refractivity (Wildman–Crippen MR) is 72.3 cm³/mol. The van der Waals surface area contributed by atoms with Crippen molar-refractivity contribution in [3.05, 3.63) is 58.6 Å². The van der Waals surface area contributed by atoms with Crippen molar-refractivity contribution in [1.29, 1.82) is 0 Å². The molecule has 2 heteroatoms. The number of allylic oxidation sites excluding steroid dienone is 2. The summed E-state index contributed by atoms with van der Waals surface area (Å²) < 4.78 is 1.18. The third kappa shape index (κ3) is 2.28. The average Bonchev–Trinajstić information content (AvgIpc) is 2.74. The first-order valence-corrected chi connectivity index (χ1v) is 6.25. The smallest absolute Gasteiger partial charge is 0.0450 e. The first-order valence-electron chi connectivity index (χ1n) is 5.46. The second kappa shape index (κ2) is 4.98. The predicted octanol–water partition coefficient (Wildman–Crippen LogP) is 3.79. The van der Waals surface area contributed by atoms with E-state index in [2.05, 4.69) is 83.5 Å². The third-order valence-electron chi connectivity index (χ3n) is 2.92. The van der Waals surface area contributed by atoms with E-state index in [1.807, 2.05) is 0 Å². The summed E-state index contributed by atoms with van der Waals surface area (Å²) in [6, 6.07) is 8.84. The Balaban J connectivity index is 2.36. The molecule has 0 spiro atoms. The summed E-state index contributed by atoms with van der Waals surface area (Å²) in [6.07, 6.45) is 8.75. The minimum absolute atomic E-state index is 0.394. The number of rotatable bonds is 3. The SMILES string of the molecule is CN(C)[C@@H](c1ccccc1Br)C1C=CC=C1. The van der Waals surface area contributed by atoms with Crippen LogP contribution in [-0.2, 0) is 0 Å². The molecule has 1 aliphatic carbocycles. The van der Waals surface area contributed by atoms with E-state index in [4.69, 9.17) is 0 Å². The van der Waals surface area contributed by atoms with Gasteiger partial charge in [0.1, 0.15) is 0 Å². The Morgan fingerprint density at radius 2 is 1.75 bits per heavy atom. The lowest BCUT2D eigenvalue weighted by atomic mass is 9.93. The Bertz CT molecular complexity index is 408. The van der Waals surface area contributed by atoms with Gasteiger partial charge in [0, 0.05) is 16.4 Å². The Hall–Kier alpha value is -0.860. The maximum atomic E-state index is 3.64. The van der Waals surface area contributed by atoms with Gasteiger partial charge in [-0.2, -0.15) is 0 Å². The van der Waals surface area contributed by atoms with Gasteiger partial charge in [-0.1, -0.05) is 58.4 Å². The van der Waals surface area contributed by atoms with Crippen molar-refractivity contribution in [2.24, 2.45) is 5.92 Å². The van der Waals surface area contributed by atoms with Gasteiger partial charge < -0.3 is 4.90 Å². The number of hydrogen-bond donors (Lipinski definition) is 0. The summed E-state index contributed by atoms with van der Waals surface area (Å²) >= 11 is 3.64. The fourth-order valence-electron chi connectivity index (χ4n) is 2.20. The van der Waals surface area contributed by atoms with Crippen LogP contribution in [0.1, 0.15) is 11.6 Å². The quantitative estimate of drug-likeness (QED) is 0.813. The van der Waals surface area contributed by atoms with E-state index in [0.717, 1.165) is 0 Å². The molecule has 1 atom stereocenters. The first kappa shape index (κ1) is 11.6. The molecule has 1 nitrogen and oxygen atoms in total. The van der Waals surface area contributed by atoms with Gasteiger partial charge in [0.05, 0.1) is 0 Å². The molecule has 1 aromatic rings. The van der Waals surface area contributed by atoms with Crippen molar-refractivity contribution in [3.8, 4) is 0 Å². The zero-order chi connectivity index (χ0) is 11.5. The molecule has 0 aromatic heterocycles. The zero-order valence-corrected chi connectivity index (χ0v) is 11.2. The molecule has 84 valence electrons. The second-order valence-electron chi connectivity index (χ2n) is 4.28. The minimum atomic E-state index is 0.394. The average molecular weight is 278 g/mol. The van der Waals surface area contributed by atoms with Crippen LogP contribution in [0.4, 0.5) is 0 Å². The topological polar surface area (TPSA) is 3.24 Å². The van der Waals surface area contributed by atoms with Gasteiger partial charge >= 0.3 is 0 Å². The van der Waals surface area contributed by atoms with Crippen LogP contribution in [0.3, 0.4) is 0 Å². The first-order chi connectivity index (χ1) is 7.70. The summed E-state index contributed by atoms with van der Waals surface area (Å²) in [7, 11) is 4.26. The summed E-state index contributed by atoms with van der Waals surface area (Å²) in [6.45, 7) is 0. The summed E-state index contributed by atoms with van der Waals surface area (Å²) in [5, 5.41) is 0. The molecule has 0 N–H and O–H groups in total. The molecule has 0 radical (unpaired) electrons. The van der Waals surface area contributed by atoms with Crippen LogP contribution in [0.2, 0.25) is 0 Å². The van der Waals surface area contributed by atoms with Gasteiger partial charge in [0.25, 0.3) is 0 Å². The molecule has 2 rings (SSSR count). The largest absolute Gasteiger partial charge is 0.301 e. The van der Waals surface area contributed by atoms with Crippen LogP contribution in [0.5, 0.6) is 0 Å². The van der Waals surface area contributed by atoms with Crippen LogP contribution in [0.25, 0.3) is 0 Å². The molecule has 1 aliphatic rings. The Kier molecular flexibility index (Phi) is 3.62. The van der Waals surface area contributed by atoms with E-state index in [-0.39, 0.29) is 0 Å². The van der Waals surface area contributed by atoms with Crippen molar-refractivity contribution in [1.82, 2.24) is 4.90 Å². The molecule has 16 heavy (non-hydrogen) atoms. The van der Waals surface area contributed by atoms with Gasteiger partial charge in [0.2, 0.25) is 0 Å². The minimum Gasteiger partial charge on any atom is -0.301 e. The maximum absolute atomic E-state index is 3.64. The Labute approximate surface area is 106 Å². The van der Waals surface area contributed by atoms with Crippen LogP contribution < -0.4 is 0 Å². The van der Waals surface area contributed by atoms with Gasteiger partial charge in [-0.05, 0) is 25.7 Å². The Morgan fingerprint density at radius 1 is 1.12 bits per heavy atom. The van der Waals surface area contributed by atoms with Crippen molar-refractivity contribution < 1.29 is 0 Å². The lowest BCUT2D eigenvalue weighted by Gasteiger charge is -2.29. The molecule has 1 aromatic carbocycles. The fourth-order valence-corrected chi connectivity index (χ4v) is 2.72. The molecule has 0 aliphatic heterocycles. The summed E-state index contributed by atoms with van der Waals surface area (Å²) in [4.78, 5) is 2.27. The van der Waals surface area contributed by atoms with Crippen LogP contribution in [0, 0.1) is 5.92 Å². The van der Waals surface area contributed by atoms with Crippen LogP contribution >= 0.6 is 15.9 Å². The highest BCUT2D eigenvalue weighted by Crippen LogP contribution is 2.34. The maximum Gasteiger partial charge on any atom is 0.0450 e. The standard InChI is InChI=1S/C14H16BrN/c1-16(2)14(11-7-3-4-8-11)12-9-5-6-10-13(12)15/h3-11,14H,1-2H3/t14-/m1/s1. The van der Waals surface area contributed by atoms with Crippen molar-refractivity contribution in [3.63, 3.8) is 0 Å². The number of halogens is 1. The third-order valence-corrected chi connectivity index (χ3v) is 3.64. The van der Waals surface area contributed by atoms with E-state index >= 15 is 0 Å². The highest BCUT2D eigenvalue weighted by atomic mass is 79.9. The van der Waals surface area contributed by atoms with Crippen molar-refractivity contribution >= 4 is 15.9 Å². The van der Waals surface area contributed by atoms with E-state index in [1.54, 1.807) is 0 Å².